The SMILES string of the molecule is CCN(C)Cc1cccc(CNC(=O)C2(OC)CCNCC2)c1.Cl.Cl. The van der Waals surface area contributed by atoms with Crippen LogP contribution in [0.5, 0.6) is 0 Å². The van der Waals surface area contributed by atoms with Gasteiger partial charge in [0, 0.05) is 20.2 Å². The van der Waals surface area contributed by atoms with Crippen molar-refractivity contribution in [1.29, 1.82) is 0 Å². The summed E-state index contributed by atoms with van der Waals surface area (Å²) in [6.45, 7) is 6.27. The summed E-state index contributed by atoms with van der Waals surface area (Å²) in [5.41, 5.74) is 1.72. The zero-order valence-electron chi connectivity index (χ0n) is 15.3. The Bertz CT molecular complexity index is 523. The zero-order chi connectivity index (χ0) is 16.7. The maximum atomic E-state index is 12.6. The number of methoxy groups -OCH3 is 1. The van der Waals surface area contributed by atoms with Crippen LogP contribution in [0.15, 0.2) is 24.3 Å². The lowest BCUT2D eigenvalue weighted by atomic mass is 9.91. The third-order valence-corrected chi connectivity index (χ3v) is 4.65. The van der Waals surface area contributed by atoms with E-state index >= 15 is 0 Å². The molecule has 0 aliphatic carbocycles. The predicted molar refractivity (Wildman–Crippen MR) is 107 cm³/mol. The minimum absolute atomic E-state index is 0. The lowest BCUT2D eigenvalue weighted by molar-refractivity contribution is -0.146. The largest absolute Gasteiger partial charge is 0.368 e. The topological polar surface area (TPSA) is 53.6 Å². The highest BCUT2D eigenvalue weighted by Crippen LogP contribution is 2.22. The number of rotatable bonds is 7. The van der Waals surface area contributed by atoms with Crippen LogP contribution in [0.25, 0.3) is 0 Å². The van der Waals surface area contributed by atoms with Crippen LogP contribution in [0.2, 0.25) is 0 Å². The van der Waals surface area contributed by atoms with Crippen LogP contribution in [0.3, 0.4) is 0 Å². The van der Waals surface area contributed by atoms with Crippen LogP contribution in [-0.2, 0) is 22.6 Å². The summed E-state index contributed by atoms with van der Waals surface area (Å²) in [6.07, 6.45) is 1.44. The van der Waals surface area contributed by atoms with Gasteiger partial charge >= 0.3 is 0 Å². The molecule has 1 heterocycles. The molecule has 0 bridgehead atoms. The van der Waals surface area contributed by atoms with Crippen LogP contribution in [0.4, 0.5) is 0 Å². The molecule has 1 aromatic carbocycles. The van der Waals surface area contributed by atoms with Crippen LogP contribution in [-0.4, -0.2) is 50.2 Å². The van der Waals surface area contributed by atoms with Gasteiger partial charge in [0.25, 0.3) is 5.91 Å². The van der Waals surface area contributed by atoms with E-state index in [4.69, 9.17) is 4.74 Å². The Morgan fingerprint density at radius 3 is 2.52 bits per heavy atom. The molecular weight excluding hydrogens is 361 g/mol. The monoisotopic (exact) mass is 391 g/mol. The second-order valence-electron chi connectivity index (χ2n) is 6.28. The van der Waals surface area contributed by atoms with E-state index < -0.39 is 5.60 Å². The molecule has 0 radical (unpaired) electrons. The molecule has 1 aliphatic rings. The molecule has 7 heteroatoms. The van der Waals surface area contributed by atoms with Crippen molar-refractivity contribution in [3.63, 3.8) is 0 Å². The highest BCUT2D eigenvalue weighted by Gasteiger charge is 2.39. The fraction of sp³-hybridized carbons (Fsp3) is 0.611. The van der Waals surface area contributed by atoms with Gasteiger partial charge in [-0.2, -0.15) is 0 Å². The van der Waals surface area contributed by atoms with E-state index in [0.717, 1.165) is 44.6 Å². The number of hydrogen-bond acceptors (Lipinski definition) is 4. The Labute approximate surface area is 163 Å². The zero-order valence-corrected chi connectivity index (χ0v) is 17.0. The minimum atomic E-state index is -0.675. The van der Waals surface area contributed by atoms with Gasteiger partial charge in [-0.25, -0.2) is 0 Å². The van der Waals surface area contributed by atoms with E-state index in [0.29, 0.717) is 6.54 Å². The van der Waals surface area contributed by atoms with Crippen molar-refractivity contribution in [2.75, 3.05) is 33.8 Å². The van der Waals surface area contributed by atoms with Crippen LogP contribution in [0, 0.1) is 0 Å². The number of hydrogen-bond donors (Lipinski definition) is 2. The molecule has 0 spiro atoms. The molecule has 144 valence electrons. The first-order chi connectivity index (χ1) is 11.1. The summed E-state index contributed by atoms with van der Waals surface area (Å²) in [7, 11) is 3.74. The van der Waals surface area contributed by atoms with Gasteiger partial charge in [0.05, 0.1) is 0 Å². The lowest BCUT2D eigenvalue weighted by Gasteiger charge is -2.34. The average Bonchev–Trinajstić information content (AvgIpc) is 2.60. The van der Waals surface area contributed by atoms with Gasteiger partial charge in [-0.3, -0.25) is 4.79 Å². The second kappa shape index (κ2) is 11.7. The van der Waals surface area contributed by atoms with Gasteiger partial charge in [-0.15, -0.1) is 24.8 Å². The van der Waals surface area contributed by atoms with E-state index in [9.17, 15) is 4.79 Å². The highest BCUT2D eigenvalue weighted by molar-refractivity contribution is 5.86. The van der Waals surface area contributed by atoms with Crippen LogP contribution < -0.4 is 10.6 Å². The Morgan fingerprint density at radius 2 is 1.92 bits per heavy atom. The third kappa shape index (κ3) is 6.76. The first-order valence-corrected chi connectivity index (χ1v) is 8.40. The summed E-state index contributed by atoms with van der Waals surface area (Å²) < 4.78 is 5.56. The van der Waals surface area contributed by atoms with Crippen molar-refractivity contribution < 1.29 is 9.53 Å². The number of benzene rings is 1. The summed E-state index contributed by atoms with van der Waals surface area (Å²) in [4.78, 5) is 14.8. The summed E-state index contributed by atoms with van der Waals surface area (Å²) in [5, 5.41) is 6.32. The first-order valence-electron chi connectivity index (χ1n) is 8.40. The fourth-order valence-corrected chi connectivity index (χ4v) is 2.96. The molecule has 0 atom stereocenters. The molecule has 0 saturated carbocycles. The number of amides is 1. The van der Waals surface area contributed by atoms with Gasteiger partial charge in [0.1, 0.15) is 5.60 Å². The second-order valence-corrected chi connectivity index (χ2v) is 6.28. The number of nitrogens with zero attached hydrogens (tertiary/aromatic N) is 1. The smallest absolute Gasteiger partial charge is 0.252 e. The third-order valence-electron chi connectivity index (χ3n) is 4.65. The Balaban J connectivity index is 0.00000288. The Kier molecular flexibility index (Phi) is 11.3. The summed E-state index contributed by atoms with van der Waals surface area (Å²) in [6, 6.07) is 8.39. The molecule has 2 N–H and O–H groups in total. The van der Waals surface area contributed by atoms with Gasteiger partial charge < -0.3 is 20.3 Å². The van der Waals surface area contributed by atoms with Crippen LogP contribution >= 0.6 is 24.8 Å². The quantitative estimate of drug-likeness (QED) is 0.748. The van der Waals surface area contributed by atoms with Crippen molar-refractivity contribution in [2.45, 2.75) is 38.5 Å². The first kappa shape index (κ1) is 24.1. The Morgan fingerprint density at radius 1 is 1.28 bits per heavy atom. The Hall–Kier alpha value is -0.850. The number of halogens is 2. The van der Waals surface area contributed by atoms with E-state index in [1.54, 1.807) is 7.11 Å². The van der Waals surface area contributed by atoms with E-state index in [1.165, 1.54) is 5.56 Å². The number of carbonyl (C=O) groups is 1. The standard InChI is InChI=1S/C18H29N3O2.2ClH/c1-4-21(2)14-16-7-5-6-15(12-16)13-20-17(22)18(23-3)8-10-19-11-9-18;;/h5-7,12,19H,4,8-11,13-14H2,1-3H3,(H,20,22);2*1H. The maximum absolute atomic E-state index is 12.6. The molecule has 0 aromatic heterocycles. The average molecular weight is 392 g/mol. The van der Waals surface area contributed by atoms with E-state index in [-0.39, 0.29) is 30.7 Å². The van der Waals surface area contributed by atoms with Crippen LogP contribution in [0.1, 0.15) is 30.9 Å². The summed E-state index contributed by atoms with van der Waals surface area (Å²) >= 11 is 0. The van der Waals surface area contributed by atoms with Gasteiger partial charge in [-0.05, 0) is 50.7 Å². The van der Waals surface area contributed by atoms with Crippen molar-refractivity contribution in [1.82, 2.24) is 15.5 Å². The number of piperidine rings is 1. The number of ether oxygens (including phenoxy) is 1. The van der Waals surface area contributed by atoms with Crippen molar-refractivity contribution in [3.05, 3.63) is 35.4 Å². The van der Waals surface area contributed by atoms with E-state index in [2.05, 4.69) is 53.8 Å². The molecule has 2 rings (SSSR count). The molecule has 1 amide bonds. The molecular formula is C18H31Cl2N3O2. The predicted octanol–water partition coefficient (Wildman–Crippen LogP) is 2.37. The molecule has 1 aromatic rings. The fourth-order valence-electron chi connectivity index (χ4n) is 2.96. The maximum Gasteiger partial charge on any atom is 0.252 e. The van der Waals surface area contributed by atoms with Crippen molar-refractivity contribution in [3.8, 4) is 0 Å². The molecule has 1 saturated heterocycles. The van der Waals surface area contributed by atoms with Gasteiger partial charge in [0.2, 0.25) is 0 Å². The van der Waals surface area contributed by atoms with Crippen molar-refractivity contribution in [2.24, 2.45) is 0 Å². The van der Waals surface area contributed by atoms with Gasteiger partial charge in [0.15, 0.2) is 0 Å². The molecule has 25 heavy (non-hydrogen) atoms. The van der Waals surface area contributed by atoms with Gasteiger partial charge in [-0.1, -0.05) is 31.2 Å². The number of carbonyl (C=O) groups excluding carboxylic acids is 1. The molecule has 0 unspecified atom stereocenters. The molecule has 5 nitrogen and oxygen atoms in total. The number of nitrogens with one attached hydrogen (secondary N) is 2. The summed E-state index contributed by atoms with van der Waals surface area (Å²) in [5.74, 6) is -0.00224. The molecule has 1 fully saturated rings. The normalized spacial score (nSPS) is 15.8. The minimum Gasteiger partial charge on any atom is -0.368 e. The lowest BCUT2D eigenvalue weighted by Crippen LogP contribution is -2.53. The van der Waals surface area contributed by atoms with Crippen molar-refractivity contribution >= 4 is 30.7 Å². The highest BCUT2D eigenvalue weighted by atomic mass is 35.5. The molecule has 1 aliphatic heterocycles. The van der Waals surface area contributed by atoms with E-state index in [1.807, 2.05) is 0 Å².